The van der Waals surface area contributed by atoms with Crippen LogP contribution in [0.5, 0.6) is 0 Å². The molecule has 0 aliphatic carbocycles. The minimum atomic E-state index is -1.05. The van der Waals surface area contributed by atoms with Crippen LogP contribution in [-0.2, 0) is 16.1 Å². The number of rotatable bonds is 6. The molecule has 0 spiro atoms. The molecule has 0 saturated carbocycles. The fraction of sp³-hybridized carbons (Fsp3) is 0.250. The van der Waals surface area contributed by atoms with Crippen molar-refractivity contribution >= 4 is 29.9 Å². The van der Waals surface area contributed by atoms with E-state index in [0.29, 0.717) is 24.5 Å². The molecule has 9 nitrogen and oxygen atoms in total. The average Bonchev–Trinajstić information content (AvgIpc) is 3.33. The van der Waals surface area contributed by atoms with Gasteiger partial charge in [0.2, 0.25) is 6.41 Å². The molecule has 1 aromatic heterocycles. The Morgan fingerprint density at radius 1 is 1.06 bits per heavy atom. The summed E-state index contributed by atoms with van der Waals surface area (Å²) in [5, 5.41) is 25.3. The Labute approximate surface area is 190 Å². The fourth-order valence-corrected chi connectivity index (χ4v) is 4.25. The van der Waals surface area contributed by atoms with Crippen LogP contribution in [-0.4, -0.2) is 50.8 Å². The van der Waals surface area contributed by atoms with E-state index in [1.54, 1.807) is 25.4 Å². The number of hydrogen-bond acceptors (Lipinski definition) is 7. The molecule has 1 amide bonds. The van der Waals surface area contributed by atoms with E-state index >= 15 is 0 Å². The van der Waals surface area contributed by atoms with Crippen molar-refractivity contribution in [3.05, 3.63) is 66.4 Å². The van der Waals surface area contributed by atoms with Gasteiger partial charge in [0, 0.05) is 23.0 Å². The Hall–Kier alpha value is -3.66. The van der Waals surface area contributed by atoms with Crippen molar-refractivity contribution in [2.24, 2.45) is 4.99 Å². The molecule has 4 N–H and O–H groups in total. The Bertz CT molecular complexity index is 1160. The third-order valence-electron chi connectivity index (χ3n) is 5.97. The quantitative estimate of drug-likeness (QED) is 0.433. The number of aliphatic hydroxyl groups excluding tert-OH is 2. The number of benzene rings is 2. The van der Waals surface area contributed by atoms with E-state index in [-0.39, 0.29) is 0 Å². The van der Waals surface area contributed by atoms with Crippen LogP contribution in [0, 0.1) is 0 Å². The number of nitrogens with zero attached hydrogens (tertiary/aromatic N) is 3. The Balaban J connectivity index is 1.47. The van der Waals surface area contributed by atoms with Gasteiger partial charge in [-0.15, -0.1) is 0 Å². The number of carbonyl (C=O) groups excluding carboxylic acids is 1. The molecule has 2 aromatic carbocycles. The van der Waals surface area contributed by atoms with Crippen molar-refractivity contribution in [2.75, 3.05) is 10.7 Å². The Kier molecular flexibility index (Phi) is 5.59. The lowest BCUT2D eigenvalue weighted by molar-refractivity contribution is -0.105. The van der Waals surface area contributed by atoms with Gasteiger partial charge in [-0.3, -0.25) is 15.2 Å². The molecular formula is C24H25N5O4. The number of fused-ring (bicyclic) bond motifs is 1. The van der Waals surface area contributed by atoms with Gasteiger partial charge in [0.1, 0.15) is 24.4 Å². The summed E-state index contributed by atoms with van der Waals surface area (Å²) >= 11 is 0. The smallest absolute Gasteiger partial charge is 0.211 e. The van der Waals surface area contributed by atoms with Gasteiger partial charge >= 0.3 is 0 Å². The number of aromatic nitrogens is 1. The number of aliphatic hydroxyl groups is 2. The first kappa shape index (κ1) is 21.2. The first-order chi connectivity index (χ1) is 16.0. The topological polar surface area (TPSA) is 111 Å². The largest absolute Gasteiger partial charge is 0.388 e. The zero-order valence-corrected chi connectivity index (χ0v) is 18.0. The van der Waals surface area contributed by atoms with Gasteiger partial charge in [-0.05, 0) is 36.8 Å². The maximum atomic E-state index is 10.6. The third-order valence-corrected chi connectivity index (χ3v) is 5.97. The molecule has 0 radical (unpaired) electrons. The van der Waals surface area contributed by atoms with Crippen molar-refractivity contribution in [1.82, 2.24) is 9.58 Å². The number of carbonyl (C=O) groups is 1. The molecule has 5 rings (SSSR count). The van der Waals surface area contributed by atoms with Gasteiger partial charge in [0.15, 0.2) is 6.23 Å². The monoisotopic (exact) mass is 447 g/mol. The van der Waals surface area contributed by atoms with Gasteiger partial charge in [-0.1, -0.05) is 30.3 Å². The predicted molar refractivity (Wildman–Crippen MR) is 125 cm³/mol. The molecule has 2 aliphatic heterocycles. The summed E-state index contributed by atoms with van der Waals surface area (Å²) in [4.78, 5) is 15.3. The van der Waals surface area contributed by atoms with E-state index in [9.17, 15) is 15.0 Å². The van der Waals surface area contributed by atoms with Crippen LogP contribution >= 0.6 is 0 Å². The molecule has 2 aliphatic rings. The number of aliphatic imine (C=N–C) groups is 1. The van der Waals surface area contributed by atoms with Gasteiger partial charge in [0.05, 0.1) is 18.3 Å². The summed E-state index contributed by atoms with van der Waals surface area (Å²) in [6, 6.07) is 17.3. The van der Waals surface area contributed by atoms with E-state index in [4.69, 9.17) is 4.74 Å². The first-order valence-corrected chi connectivity index (χ1v) is 10.7. The zero-order chi connectivity index (χ0) is 22.9. The van der Waals surface area contributed by atoms with E-state index in [1.165, 1.54) is 0 Å². The van der Waals surface area contributed by atoms with Crippen LogP contribution in [0.25, 0.3) is 11.1 Å². The number of hydrazine groups is 1. The van der Waals surface area contributed by atoms with Crippen molar-refractivity contribution in [1.29, 1.82) is 0 Å². The Morgan fingerprint density at radius 3 is 2.45 bits per heavy atom. The van der Waals surface area contributed by atoms with E-state index in [2.05, 4.69) is 15.7 Å². The second kappa shape index (κ2) is 8.70. The van der Waals surface area contributed by atoms with Crippen molar-refractivity contribution in [3.63, 3.8) is 0 Å². The van der Waals surface area contributed by atoms with Gasteiger partial charge in [0.25, 0.3) is 0 Å². The predicted octanol–water partition coefficient (Wildman–Crippen LogP) is 2.87. The maximum absolute atomic E-state index is 10.6. The number of hydrogen-bond donors (Lipinski definition) is 4. The SMILES string of the molecule is C[C@H]1O[C@@H](n2cc(-c3ccccc3)c3c2N=CN(Nc2ccc(NC=O)cc2)C3)[C@H](O)[C@@H]1O. The van der Waals surface area contributed by atoms with E-state index < -0.39 is 24.5 Å². The summed E-state index contributed by atoms with van der Waals surface area (Å²) < 4.78 is 7.68. The molecule has 4 atom stereocenters. The summed E-state index contributed by atoms with van der Waals surface area (Å²) in [6.45, 7) is 2.26. The van der Waals surface area contributed by atoms with Crippen LogP contribution < -0.4 is 10.7 Å². The number of nitrogens with one attached hydrogen (secondary N) is 2. The normalized spacial score (nSPS) is 23.9. The molecule has 3 heterocycles. The lowest BCUT2D eigenvalue weighted by atomic mass is 10.0. The van der Waals surface area contributed by atoms with Gasteiger partial charge in [-0.25, -0.2) is 4.99 Å². The van der Waals surface area contributed by atoms with E-state index in [1.807, 2.05) is 58.2 Å². The van der Waals surface area contributed by atoms with Crippen molar-refractivity contribution in [3.8, 4) is 11.1 Å². The van der Waals surface area contributed by atoms with Crippen LogP contribution in [0.4, 0.5) is 17.2 Å². The standard InChI is InChI=1S/C24H25N5O4/c1-15-21(31)22(32)24(33-15)29-12-19(16-5-3-2-4-6-16)20-11-28(13-25-23(20)29)27-18-9-7-17(8-10-18)26-14-30/h2-10,12-15,21-22,24,27,31-32H,11H2,1H3,(H,26,30)/t15-,21-,22-,24-/m1/s1. The highest BCUT2D eigenvalue weighted by atomic mass is 16.6. The molecule has 0 bridgehead atoms. The lowest BCUT2D eigenvalue weighted by Crippen LogP contribution is -2.31. The second-order valence-corrected chi connectivity index (χ2v) is 8.15. The van der Waals surface area contributed by atoms with Gasteiger partial charge in [-0.2, -0.15) is 0 Å². The maximum Gasteiger partial charge on any atom is 0.211 e. The molecule has 9 heteroatoms. The molecule has 170 valence electrons. The number of anilines is 2. The second-order valence-electron chi connectivity index (χ2n) is 8.15. The molecule has 33 heavy (non-hydrogen) atoms. The molecule has 3 aromatic rings. The zero-order valence-electron chi connectivity index (χ0n) is 18.0. The summed E-state index contributed by atoms with van der Waals surface area (Å²) in [5.74, 6) is 0.683. The minimum Gasteiger partial charge on any atom is -0.388 e. The van der Waals surface area contributed by atoms with E-state index in [0.717, 1.165) is 22.4 Å². The first-order valence-electron chi connectivity index (χ1n) is 10.7. The minimum absolute atomic E-state index is 0.481. The Morgan fingerprint density at radius 2 is 1.79 bits per heavy atom. The number of amides is 1. The highest BCUT2D eigenvalue weighted by molar-refractivity contribution is 5.78. The van der Waals surface area contributed by atoms with Crippen LogP contribution in [0.3, 0.4) is 0 Å². The lowest BCUT2D eigenvalue weighted by Gasteiger charge is -2.26. The van der Waals surface area contributed by atoms with Gasteiger partial charge < -0.3 is 24.8 Å². The molecule has 0 unspecified atom stereocenters. The third kappa shape index (κ3) is 3.97. The molecular weight excluding hydrogens is 422 g/mol. The highest BCUT2D eigenvalue weighted by Crippen LogP contribution is 2.41. The summed E-state index contributed by atoms with van der Waals surface area (Å²) in [7, 11) is 0. The average molecular weight is 447 g/mol. The molecule has 1 fully saturated rings. The summed E-state index contributed by atoms with van der Waals surface area (Å²) in [6.07, 6.45) is 1.04. The summed E-state index contributed by atoms with van der Waals surface area (Å²) in [5.41, 5.74) is 7.83. The highest BCUT2D eigenvalue weighted by Gasteiger charge is 2.42. The van der Waals surface area contributed by atoms with Crippen LogP contribution in [0.1, 0.15) is 18.7 Å². The van der Waals surface area contributed by atoms with Crippen molar-refractivity contribution < 1.29 is 19.7 Å². The molecule has 1 saturated heterocycles. The van der Waals surface area contributed by atoms with Crippen molar-refractivity contribution in [2.45, 2.75) is 38.0 Å². The van der Waals surface area contributed by atoms with Crippen LogP contribution in [0.2, 0.25) is 0 Å². The van der Waals surface area contributed by atoms with Crippen LogP contribution in [0.15, 0.2) is 65.8 Å². The number of ether oxygens (including phenoxy) is 1. The fourth-order valence-electron chi connectivity index (χ4n) is 4.25.